The highest BCUT2D eigenvalue weighted by Crippen LogP contribution is 2.08. The van der Waals surface area contributed by atoms with Gasteiger partial charge in [-0.2, -0.15) is 0 Å². The molecule has 0 aliphatic carbocycles. The summed E-state index contributed by atoms with van der Waals surface area (Å²) < 4.78 is 0. The van der Waals surface area contributed by atoms with E-state index in [1.54, 1.807) is 0 Å². The van der Waals surface area contributed by atoms with Gasteiger partial charge in [-0.25, -0.2) is 0 Å². The van der Waals surface area contributed by atoms with Gasteiger partial charge in [0.2, 0.25) is 0 Å². The fourth-order valence-electron chi connectivity index (χ4n) is 0.647. The van der Waals surface area contributed by atoms with Crippen LogP contribution in [0.2, 0.25) is 0 Å². The van der Waals surface area contributed by atoms with E-state index in [2.05, 4.69) is 0 Å². The maximum absolute atomic E-state index is 10.3. The number of hydrogen-bond donors (Lipinski definition) is 0. The summed E-state index contributed by atoms with van der Waals surface area (Å²) >= 11 is 0. The summed E-state index contributed by atoms with van der Waals surface area (Å²) in [6.45, 7) is 6.01. The molecule has 1 atom stereocenters. The first kappa shape index (κ1) is 8.41. The number of aldehydes is 1. The van der Waals surface area contributed by atoms with Gasteiger partial charge >= 0.3 is 0 Å². The van der Waals surface area contributed by atoms with Crippen LogP contribution in [0.15, 0.2) is 12.2 Å². The second-order valence-electron chi connectivity index (χ2n) is 2.48. The fraction of sp³-hybridized carbons (Fsp3) is 0.625. The van der Waals surface area contributed by atoms with Crippen molar-refractivity contribution in [2.75, 3.05) is 0 Å². The van der Waals surface area contributed by atoms with E-state index >= 15 is 0 Å². The van der Waals surface area contributed by atoms with Crippen LogP contribution < -0.4 is 0 Å². The van der Waals surface area contributed by atoms with Gasteiger partial charge < -0.3 is 4.79 Å². The summed E-state index contributed by atoms with van der Waals surface area (Å²) in [5, 5.41) is 0. The predicted octanol–water partition coefficient (Wildman–Crippen LogP) is 2.03. The lowest BCUT2D eigenvalue weighted by Gasteiger charge is -2.06. The summed E-state index contributed by atoms with van der Waals surface area (Å²) in [6.07, 6.45) is 4.83. The van der Waals surface area contributed by atoms with E-state index in [1.165, 1.54) is 0 Å². The Hall–Kier alpha value is -0.590. The summed E-state index contributed by atoms with van der Waals surface area (Å²) in [4.78, 5) is 10.3. The van der Waals surface area contributed by atoms with Gasteiger partial charge in [0.25, 0.3) is 0 Å². The Bertz CT molecular complexity index is 103. The Kier molecular flexibility index (Phi) is 4.02. The Morgan fingerprint density at radius 2 is 1.89 bits per heavy atom. The van der Waals surface area contributed by atoms with Crippen molar-refractivity contribution in [3.05, 3.63) is 12.2 Å². The van der Waals surface area contributed by atoms with E-state index in [0.29, 0.717) is 5.92 Å². The minimum Gasteiger partial charge on any atom is -0.303 e. The van der Waals surface area contributed by atoms with Crippen molar-refractivity contribution in [1.82, 2.24) is 0 Å². The standard InChI is InChI=1S/C8H14O/c1-4-5-8(6-9)7(2)3/h4-8H,1-3H3/b5-4-. The molecule has 0 N–H and O–H groups in total. The molecule has 0 aliphatic heterocycles. The number of hydrogen-bond acceptors (Lipinski definition) is 1. The number of carbonyl (C=O) groups is 1. The van der Waals surface area contributed by atoms with Gasteiger partial charge in [0.1, 0.15) is 6.29 Å². The number of allylic oxidation sites excluding steroid dienone is 2. The van der Waals surface area contributed by atoms with E-state index in [9.17, 15) is 4.79 Å². The minimum absolute atomic E-state index is 0.106. The largest absolute Gasteiger partial charge is 0.303 e. The smallest absolute Gasteiger partial charge is 0.127 e. The van der Waals surface area contributed by atoms with Crippen LogP contribution in [0, 0.1) is 11.8 Å². The van der Waals surface area contributed by atoms with Crippen LogP contribution in [0.5, 0.6) is 0 Å². The Morgan fingerprint density at radius 1 is 1.33 bits per heavy atom. The van der Waals surface area contributed by atoms with Crippen LogP contribution in [0.4, 0.5) is 0 Å². The predicted molar refractivity (Wildman–Crippen MR) is 39.2 cm³/mol. The van der Waals surface area contributed by atoms with Crippen LogP contribution in [0.1, 0.15) is 20.8 Å². The third-order valence-corrected chi connectivity index (χ3v) is 1.34. The molecule has 0 aliphatic rings. The highest BCUT2D eigenvalue weighted by atomic mass is 16.1. The van der Waals surface area contributed by atoms with Crippen molar-refractivity contribution >= 4 is 6.29 Å². The first-order valence-electron chi connectivity index (χ1n) is 3.30. The molecule has 52 valence electrons. The lowest BCUT2D eigenvalue weighted by atomic mass is 9.97. The maximum Gasteiger partial charge on any atom is 0.127 e. The maximum atomic E-state index is 10.3. The summed E-state index contributed by atoms with van der Waals surface area (Å²) in [6, 6.07) is 0. The zero-order valence-electron chi connectivity index (χ0n) is 6.29. The van der Waals surface area contributed by atoms with Gasteiger partial charge in [0.15, 0.2) is 0 Å². The van der Waals surface area contributed by atoms with Crippen LogP contribution in [0.3, 0.4) is 0 Å². The SMILES string of the molecule is C/C=C\C(C=O)C(C)C. The molecule has 0 saturated carbocycles. The molecule has 0 aromatic carbocycles. The summed E-state index contributed by atoms with van der Waals surface area (Å²) in [7, 11) is 0. The Balaban J connectivity index is 3.82. The summed E-state index contributed by atoms with van der Waals surface area (Å²) in [5.74, 6) is 0.536. The van der Waals surface area contributed by atoms with Crippen molar-refractivity contribution in [1.29, 1.82) is 0 Å². The van der Waals surface area contributed by atoms with Crippen LogP contribution >= 0.6 is 0 Å². The quantitative estimate of drug-likeness (QED) is 0.417. The van der Waals surface area contributed by atoms with Gasteiger partial charge in [0.05, 0.1) is 0 Å². The zero-order valence-corrected chi connectivity index (χ0v) is 6.29. The molecule has 0 radical (unpaired) electrons. The van der Waals surface area contributed by atoms with E-state index in [1.807, 2.05) is 32.9 Å². The molecule has 1 nitrogen and oxygen atoms in total. The summed E-state index contributed by atoms with van der Waals surface area (Å²) in [5.41, 5.74) is 0. The van der Waals surface area contributed by atoms with Crippen LogP contribution in [-0.4, -0.2) is 6.29 Å². The Morgan fingerprint density at radius 3 is 2.00 bits per heavy atom. The molecule has 0 amide bonds. The molecule has 0 spiro atoms. The van der Waals surface area contributed by atoms with E-state index in [0.717, 1.165) is 6.29 Å². The van der Waals surface area contributed by atoms with Gasteiger partial charge in [-0.3, -0.25) is 0 Å². The molecule has 0 bridgehead atoms. The molecule has 0 fully saturated rings. The molecule has 0 rings (SSSR count). The first-order valence-corrected chi connectivity index (χ1v) is 3.30. The van der Waals surface area contributed by atoms with Crippen molar-refractivity contribution in [3.63, 3.8) is 0 Å². The molecule has 1 unspecified atom stereocenters. The lowest BCUT2D eigenvalue weighted by Crippen LogP contribution is -2.05. The highest BCUT2D eigenvalue weighted by Gasteiger charge is 2.05. The van der Waals surface area contributed by atoms with Crippen molar-refractivity contribution in [2.24, 2.45) is 11.8 Å². The normalized spacial score (nSPS) is 14.7. The monoisotopic (exact) mass is 126 g/mol. The molecular weight excluding hydrogens is 112 g/mol. The minimum atomic E-state index is 0.106. The lowest BCUT2D eigenvalue weighted by molar-refractivity contribution is -0.110. The zero-order chi connectivity index (χ0) is 7.28. The van der Waals surface area contributed by atoms with Gasteiger partial charge in [-0.1, -0.05) is 26.0 Å². The van der Waals surface area contributed by atoms with Crippen molar-refractivity contribution in [2.45, 2.75) is 20.8 Å². The third kappa shape index (κ3) is 3.07. The topological polar surface area (TPSA) is 17.1 Å². The second-order valence-corrected chi connectivity index (χ2v) is 2.48. The van der Waals surface area contributed by atoms with E-state index < -0.39 is 0 Å². The fourth-order valence-corrected chi connectivity index (χ4v) is 0.647. The van der Waals surface area contributed by atoms with Gasteiger partial charge in [-0.05, 0) is 12.8 Å². The number of carbonyl (C=O) groups excluding carboxylic acids is 1. The van der Waals surface area contributed by atoms with Crippen molar-refractivity contribution in [3.8, 4) is 0 Å². The third-order valence-electron chi connectivity index (χ3n) is 1.34. The first-order chi connectivity index (χ1) is 4.22. The van der Waals surface area contributed by atoms with Gasteiger partial charge in [0, 0.05) is 5.92 Å². The molecule has 0 aromatic heterocycles. The van der Waals surface area contributed by atoms with E-state index in [4.69, 9.17) is 0 Å². The molecular formula is C8H14O. The van der Waals surface area contributed by atoms with Crippen molar-refractivity contribution < 1.29 is 4.79 Å². The van der Waals surface area contributed by atoms with Crippen LogP contribution in [0.25, 0.3) is 0 Å². The van der Waals surface area contributed by atoms with Gasteiger partial charge in [-0.15, -0.1) is 0 Å². The molecule has 1 heteroatoms. The van der Waals surface area contributed by atoms with Crippen LogP contribution in [-0.2, 0) is 4.79 Å². The Labute approximate surface area is 56.8 Å². The molecule has 9 heavy (non-hydrogen) atoms. The average Bonchev–Trinajstić information content (AvgIpc) is 1.82. The highest BCUT2D eigenvalue weighted by molar-refractivity contribution is 5.56. The van der Waals surface area contributed by atoms with E-state index in [-0.39, 0.29) is 5.92 Å². The number of rotatable bonds is 3. The molecule has 0 saturated heterocycles. The second kappa shape index (κ2) is 4.30. The molecule has 0 aromatic rings. The molecule has 0 heterocycles. The average molecular weight is 126 g/mol.